The molecule has 2 unspecified atom stereocenters. The van der Waals surface area contributed by atoms with Gasteiger partial charge in [-0.05, 0) is 48.3 Å². The fourth-order valence-electron chi connectivity index (χ4n) is 3.94. The van der Waals surface area contributed by atoms with Gasteiger partial charge in [0, 0.05) is 10.9 Å². The summed E-state index contributed by atoms with van der Waals surface area (Å²) in [6.07, 6.45) is 4.33. The average molecular weight is 270 g/mol. The highest BCUT2D eigenvalue weighted by Crippen LogP contribution is 2.65. The molecule has 2 bridgehead atoms. The van der Waals surface area contributed by atoms with Gasteiger partial charge in [0.05, 0.1) is 0 Å². The lowest BCUT2D eigenvalue weighted by molar-refractivity contribution is -0.125. The van der Waals surface area contributed by atoms with Crippen LogP contribution in [-0.4, -0.2) is 5.78 Å². The summed E-state index contributed by atoms with van der Waals surface area (Å²) in [5, 5.41) is 0. The summed E-state index contributed by atoms with van der Waals surface area (Å²) in [4.78, 5) is 12.7. The van der Waals surface area contributed by atoms with Crippen LogP contribution in [0.15, 0.2) is 29.8 Å². The minimum Gasteiger partial charge on any atom is -0.294 e. The van der Waals surface area contributed by atoms with E-state index in [2.05, 4.69) is 58.0 Å². The summed E-state index contributed by atoms with van der Waals surface area (Å²) < 4.78 is 0. The van der Waals surface area contributed by atoms with Crippen molar-refractivity contribution in [3.05, 3.63) is 41.0 Å². The molecular weight excluding hydrogens is 248 g/mol. The number of carbonyl (C=O) groups is 1. The molecule has 2 heteroatoms. The van der Waals surface area contributed by atoms with E-state index in [1.807, 2.05) is 0 Å². The predicted molar refractivity (Wildman–Crippen MR) is 79.5 cm³/mol. The smallest absolute Gasteiger partial charge is 0.165 e. The molecule has 3 rings (SSSR count). The van der Waals surface area contributed by atoms with Crippen LogP contribution in [-0.2, 0) is 10.3 Å². The third kappa shape index (κ3) is 1.78. The van der Waals surface area contributed by atoms with Crippen LogP contribution in [0, 0.1) is 23.7 Å². The molecule has 0 heterocycles. The Morgan fingerprint density at radius 2 is 1.75 bits per heavy atom. The number of hydrogen-bond donors (Lipinski definition) is 0. The molecule has 0 amide bonds. The van der Waals surface area contributed by atoms with Crippen LogP contribution < -0.4 is 0 Å². The number of fused-ring (bicyclic) bond motifs is 2. The summed E-state index contributed by atoms with van der Waals surface area (Å²) in [5.74, 6) is 0.820. The molecule has 1 aromatic carbocycles. The van der Waals surface area contributed by atoms with Gasteiger partial charge in [0.2, 0.25) is 0 Å². The maximum Gasteiger partial charge on any atom is 0.165 e. The van der Waals surface area contributed by atoms with Crippen LogP contribution >= 0.6 is 0 Å². The lowest BCUT2D eigenvalue weighted by atomic mass is 9.70. The standard InChI is InChI=1S/C18H22O.O/c1-12-5-7-13(8-6-12)11-14-15-9-10-18(4,16(14)19)17(15,2)3;/h5-8,11,15H,9-10H2,1-4H3;. The first-order valence-corrected chi connectivity index (χ1v) is 7.19. The van der Waals surface area contributed by atoms with Crippen LogP contribution in [0.25, 0.3) is 6.08 Å². The largest absolute Gasteiger partial charge is 0.294 e. The molecule has 106 valence electrons. The van der Waals surface area contributed by atoms with Gasteiger partial charge >= 0.3 is 0 Å². The van der Waals surface area contributed by atoms with Gasteiger partial charge in [0.15, 0.2) is 5.78 Å². The summed E-state index contributed by atoms with van der Waals surface area (Å²) in [7, 11) is 0. The lowest BCUT2D eigenvalue weighted by Crippen LogP contribution is -2.32. The molecule has 0 N–H and O–H groups in total. The van der Waals surface area contributed by atoms with Crippen LogP contribution in [0.2, 0.25) is 0 Å². The third-order valence-electron chi connectivity index (χ3n) is 5.76. The molecule has 2 aliphatic carbocycles. The van der Waals surface area contributed by atoms with Gasteiger partial charge in [-0.1, -0.05) is 50.6 Å². The van der Waals surface area contributed by atoms with Crippen molar-refractivity contribution in [2.45, 2.75) is 40.5 Å². The third-order valence-corrected chi connectivity index (χ3v) is 5.76. The molecular formula is C18H22O2. The SMILES string of the molecule is Cc1ccc(C=C2C(=O)C3(C)CCC2C3(C)C)cc1.[O]. The minimum absolute atomic E-state index is 0. The molecule has 0 aliphatic heterocycles. The number of carbonyl (C=O) groups excluding carboxylic acids is 1. The Bertz CT molecular complexity index is 566. The fourth-order valence-corrected chi connectivity index (χ4v) is 3.94. The van der Waals surface area contributed by atoms with Crippen molar-refractivity contribution in [2.75, 3.05) is 0 Å². The first-order chi connectivity index (χ1) is 8.86. The molecule has 20 heavy (non-hydrogen) atoms. The molecule has 2 nitrogen and oxygen atoms in total. The van der Waals surface area contributed by atoms with Gasteiger partial charge in [-0.25, -0.2) is 0 Å². The van der Waals surface area contributed by atoms with E-state index in [1.54, 1.807) is 0 Å². The summed E-state index contributed by atoms with van der Waals surface area (Å²) in [6, 6.07) is 8.43. The van der Waals surface area contributed by atoms with Gasteiger partial charge < -0.3 is 0 Å². The van der Waals surface area contributed by atoms with Crippen LogP contribution in [0.1, 0.15) is 44.7 Å². The molecule has 0 aromatic heterocycles. The fraction of sp³-hybridized carbons (Fsp3) is 0.500. The summed E-state index contributed by atoms with van der Waals surface area (Å²) in [6.45, 7) is 8.77. The zero-order valence-corrected chi connectivity index (χ0v) is 12.7. The number of ketones is 1. The molecule has 2 fully saturated rings. The Labute approximate surface area is 121 Å². The number of allylic oxidation sites excluding steroid dienone is 1. The van der Waals surface area contributed by atoms with E-state index in [-0.39, 0.29) is 16.3 Å². The van der Waals surface area contributed by atoms with Gasteiger partial charge in [0.25, 0.3) is 0 Å². The topological polar surface area (TPSA) is 45.6 Å². The molecule has 2 atom stereocenters. The average Bonchev–Trinajstić information content (AvgIpc) is 2.66. The zero-order chi connectivity index (χ0) is 13.8. The first-order valence-electron chi connectivity index (χ1n) is 7.19. The van der Waals surface area contributed by atoms with Crippen molar-refractivity contribution in [1.82, 2.24) is 0 Å². The van der Waals surface area contributed by atoms with E-state index < -0.39 is 0 Å². The van der Waals surface area contributed by atoms with Gasteiger partial charge in [0.1, 0.15) is 0 Å². The van der Waals surface area contributed by atoms with Crippen molar-refractivity contribution in [3.8, 4) is 0 Å². The van der Waals surface area contributed by atoms with Gasteiger partial charge in [-0.3, -0.25) is 4.79 Å². The van der Waals surface area contributed by atoms with E-state index in [0.29, 0.717) is 11.7 Å². The van der Waals surface area contributed by atoms with Gasteiger partial charge in [-0.15, -0.1) is 0 Å². The van der Waals surface area contributed by atoms with Crippen LogP contribution in [0.4, 0.5) is 0 Å². The highest BCUT2D eigenvalue weighted by molar-refractivity contribution is 6.07. The van der Waals surface area contributed by atoms with Crippen molar-refractivity contribution in [1.29, 1.82) is 0 Å². The first kappa shape index (κ1) is 15.0. The second-order valence-corrected chi connectivity index (χ2v) is 6.98. The highest BCUT2D eigenvalue weighted by Gasteiger charge is 2.63. The number of aryl methyl sites for hydroxylation is 1. The number of Topliss-reactive ketones (excluding diaryl/α,β-unsaturated/α-hetero) is 1. The normalized spacial score (nSPS) is 32.5. The summed E-state index contributed by atoms with van der Waals surface area (Å²) >= 11 is 0. The molecule has 2 saturated carbocycles. The van der Waals surface area contributed by atoms with E-state index in [0.717, 1.165) is 24.0 Å². The van der Waals surface area contributed by atoms with E-state index >= 15 is 0 Å². The van der Waals surface area contributed by atoms with E-state index in [1.165, 1.54) is 5.56 Å². The predicted octanol–water partition coefficient (Wildman–Crippen LogP) is 4.28. The van der Waals surface area contributed by atoms with Crippen LogP contribution in [0.3, 0.4) is 0 Å². The van der Waals surface area contributed by atoms with Crippen molar-refractivity contribution in [3.63, 3.8) is 0 Å². The Hall–Kier alpha value is -1.41. The van der Waals surface area contributed by atoms with E-state index in [4.69, 9.17) is 0 Å². The van der Waals surface area contributed by atoms with Gasteiger partial charge in [-0.2, -0.15) is 0 Å². The van der Waals surface area contributed by atoms with Crippen molar-refractivity contribution >= 4 is 11.9 Å². The second-order valence-electron chi connectivity index (χ2n) is 6.98. The van der Waals surface area contributed by atoms with Crippen molar-refractivity contribution < 1.29 is 10.3 Å². The monoisotopic (exact) mass is 270 g/mol. The molecule has 2 aliphatic rings. The minimum atomic E-state index is -0.145. The van der Waals surface area contributed by atoms with Crippen LogP contribution in [0.5, 0.6) is 0 Å². The maximum atomic E-state index is 12.7. The molecule has 0 spiro atoms. The quantitative estimate of drug-likeness (QED) is 0.702. The Kier molecular flexibility index (Phi) is 3.42. The number of benzene rings is 1. The molecule has 2 radical (unpaired) electrons. The van der Waals surface area contributed by atoms with Crippen molar-refractivity contribution in [2.24, 2.45) is 16.7 Å². The number of hydrogen-bond acceptors (Lipinski definition) is 1. The maximum absolute atomic E-state index is 12.7. The highest BCUT2D eigenvalue weighted by atomic mass is 16.1. The Morgan fingerprint density at radius 3 is 2.25 bits per heavy atom. The molecule has 0 saturated heterocycles. The number of rotatable bonds is 1. The van der Waals surface area contributed by atoms with E-state index in [9.17, 15) is 4.79 Å². The molecule has 1 aromatic rings. The Balaban J connectivity index is 0.00000147. The lowest BCUT2D eigenvalue weighted by Gasteiger charge is -2.31. The Morgan fingerprint density at radius 1 is 1.15 bits per heavy atom. The zero-order valence-electron chi connectivity index (χ0n) is 12.7. The summed E-state index contributed by atoms with van der Waals surface area (Å²) in [5.41, 5.74) is 3.44. The second kappa shape index (κ2) is 4.56.